The Hall–Kier alpha value is -2.32. The van der Waals surface area contributed by atoms with E-state index < -0.39 is 17.9 Å². The molecule has 1 aromatic heterocycles. The number of carbonyl (C=O) groups is 2. The van der Waals surface area contributed by atoms with Crippen LogP contribution >= 0.6 is 23.1 Å². The molecule has 3 rings (SSSR count). The lowest BCUT2D eigenvalue weighted by atomic mass is 9.90. The summed E-state index contributed by atoms with van der Waals surface area (Å²) in [6.45, 7) is 2.01. The molecular weight excluding hydrogens is 362 g/mol. The van der Waals surface area contributed by atoms with E-state index in [2.05, 4.69) is 4.98 Å². The van der Waals surface area contributed by atoms with E-state index in [1.54, 1.807) is 36.6 Å². The van der Waals surface area contributed by atoms with Crippen LogP contribution in [-0.2, 0) is 14.3 Å². The summed E-state index contributed by atoms with van der Waals surface area (Å²) in [5, 5.41) is 2.44. The number of benzene rings is 1. The van der Waals surface area contributed by atoms with Crippen LogP contribution in [0.2, 0.25) is 0 Å². The van der Waals surface area contributed by atoms with E-state index in [4.69, 9.17) is 9.47 Å². The van der Waals surface area contributed by atoms with Crippen LogP contribution in [0.1, 0.15) is 33.6 Å². The minimum atomic E-state index is -0.432. The van der Waals surface area contributed by atoms with Crippen LogP contribution < -0.4 is 4.87 Å². The molecule has 1 aliphatic rings. The monoisotopic (exact) mass is 377 g/mol. The molecule has 2 heterocycles. The third-order valence-corrected chi connectivity index (χ3v) is 5.70. The minimum absolute atomic E-state index is 0.174. The maximum absolute atomic E-state index is 12.4. The van der Waals surface area contributed by atoms with Gasteiger partial charge in [-0.25, -0.2) is 9.59 Å². The van der Waals surface area contributed by atoms with E-state index in [-0.39, 0.29) is 11.5 Å². The molecule has 0 fully saturated rings. The Bertz CT molecular complexity index is 895. The molecule has 0 amide bonds. The molecule has 1 atom stereocenters. The molecule has 0 aliphatic carbocycles. The second-order valence-corrected chi connectivity index (χ2v) is 7.06. The number of aromatic nitrogens is 1. The number of aromatic amines is 1. The van der Waals surface area contributed by atoms with Crippen molar-refractivity contribution in [3.63, 3.8) is 0 Å². The summed E-state index contributed by atoms with van der Waals surface area (Å²) in [7, 11) is 1.32. The Morgan fingerprint density at radius 2 is 1.92 bits per heavy atom. The fourth-order valence-electron chi connectivity index (χ4n) is 2.58. The van der Waals surface area contributed by atoms with Crippen molar-refractivity contribution in [1.82, 2.24) is 4.98 Å². The van der Waals surface area contributed by atoms with E-state index in [1.807, 2.05) is 0 Å². The molecule has 2 aromatic rings. The van der Waals surface area contributed by atoms with Crippen LogP contribution in [0.3, 0.4) is 0 Å². The standard InChI is InChI=1S/C17H15NO5S2/c1-3-23-16(20)11-8-24-14-13(25-17(21)18-14)12(11)9-4-6-10(7-5-9)15(19)22-2/h4-8,12H,3H2,1-2H3,(H,18,21). The number of hydrogen-bond donors (Lipinski definition) is 1. The quantitative estimate of drug-likeness (QED) is 0.825. The summed E-state index contributed by atoms with van der Waals surface area (Å²) < 4.78 is 9.86. The summed E-state index contributed by atoms with van der Waals surface area (Å²) in [5.74, 6) is -1.26. The zero-order chi connectivity index (χ0) is 18.0. The van der Waals surface area contributed by atoms with Gasteiger partial charge in [-0.2, -0.15) is 0 Å². The first-order chi connectivity index (χ1) is 12.0. The Balaban J connectivity index is 2.05. The van der Waals surface area contributed by atoms with Gasteiger partial charge in [-0.15, -0.1) is 0 Å². The van der Waals surface area contributed by atoms with Gasteiger partial charge in [0.15, 0.2) is 0 Å². The number of esters is 2. The molecule has 0 radical (unpaired) electrons. The van der Waals surface area contributed by atoms with Crippen molar-refractivity contribution in [3.8, 4) is 0 Å². The molecule has 25 heavy (non-hydrogen) atoms. The molecule has 0 bridgehead atoms. The average molecular weight is 377 g/mol. The van der Waals surface area contributed by atoms with Gasteiger partial charge in [0.2, 0.25) is 0 Å². The SMILES string of the molecule is CCOC(=O)C1=CSc2[nH]c(=O)sc2C1c1ccc(C(=O)OC)cc1. The number of hydrogen-bond acceptors (Lipinski definition) is 7. The first kappa shape index (κ1) is 17.5. The molecular formula is C17H15NO5S2. The lowest BCUT2D eigenvalue weighted by Crippen LogP contribution is -2.17. The highest BCUT2D eigenvalue weighted by molar-refractivity contribution is 8.02. The number of H-pyrrole nitrogens is 1. The molecule has 0 saturated carbocycles. The predicted molar refractivity (Wildman–Crippen MR) is 95.1 cm³/mol. The van der Waals surface area contributed by atoms with Gasteiger partial charge in [0.1, 0.15) is 0 Å². The van der Waals surface area contributed by atoms with E-state index in [0.29, 0.717) is 11.1 Å². The van der Waals surface area contributed by atoms with Crippen molar-refractivity contribution in [2.45, 2.75) is 17.9 Å². The summed E-state index contributed by atoms with van der Waals surface area (Å²) in [5.41, 5.74) is 1.68. The van der Waals surface area contributed by atoms with Gasteiger partial charge >= 0.3 is 16.8 Å². The number of rotatable bonds is 4. The third-order valence-electron chi connectivity index (χ3n) is 3.70. The molecule has 6 nitrogen and oxygen atoms in total. The predicted octanol–water partition coefficient (Wildman–Crippen LogP) is 2.91. The van der Waals surface area contributed by atoms with Crippen molar-refractivity contribution >= 4 is 35.0 Å². The van der Waals surface area contributed by atoms with Crippen LogP contribution in [-0.4, -0.2) is 30.6 Å². The van der Waals surface area contributed by atoms with Gasteiger partial charge in [-0.1, -0.05) is 35.2 Å². The fourth-order valence-corrected chi connectivity index (χ4v) is 4.65. The van der Waals surface area contributed by atoms with Gasteiger partial charge in [0.05, 0.1) is 40.7 Å². The van der Waals surface area contributed by atoms with Crippen molar-refractivity contribution in [1.29, 1.82) is 0 Å². The van der Waals surface area contributed by atoms with Crippen molar-refractivity contribution < 1.29 is 19.1 Å². The van der Waals surface area contributed by atoms with Crippen molar-refractivity contribution in [2.24, 2.45) is 0 Å². The molecule has 1 unspecified atom stereocenters. The highest BCUT2D eigenvalue weighted by Crippen LogP contribution is 2.44. The highest BCUT2D eigenvalue weighted by Gasteiger charge is 2.33. The summed E-state index contributed by atoms with van der Waals surface area (Å²) in [6.07, 6.45) is 0. The fraction of sp³-hybridized carbons (Fsp3) is 0.235. The molecule has 0 saturated heterocycles. The number of ether oxygens (including phenoxy) is 2. The number of nitrogens with one attached hydrogen (secondary N) is 1. The zero-order valence-electron chi connectivity index (χ0n) is 13.5. The smallest absolute Gasteiger partial charge is 0.337 e. The van der Waals surface area contributed by atoms with E-state index >= 15 is 0 Å². The first-order valence-corrected chi connectivity index (χ1v) is 9.19. The van der Waals surface area contributed by atoms with E-state index in [9.17, 15) is 14.4 Å². The van der Waals surface area contributed by atoms with E-state index in [1.165, 1.54) is 18.9 Å². The summed E-state index contributed by atoms with van der Waals surface area (Å²) in [4.78, 5) is 39.1. The van der Waals surface area contributed by atoms with Gasteiger partial charge in [-0.3, -0.25) is 4.79 Å². The van der Waals surface area contributed by atoms with Crippen LogP contribution in [0.4, 0.5) is 0 Å². The molecule has 1 N–H and O–H groups in total. The number of fused-ring (bicyclic) bond motifs is 1. The van der Waals surface area contributed by atoms with Crippen molar-refractivity contribution in [2.75, 3.05) is 13.7 Å². The molecule has 1 aromatic carbocycles. The zero-order valence-corrected chi connectivity index (χ0v) is 15.2. The van der Waals surface area contributed by atoms with Crippen LogP contribution in [0.5, 0.6) is 0 Å². The van der Waals surface area contributed by atoms with E-state index in [0.717, 1.165) is 26.8 Å². The Morgan fingerprint density at radius 3 is 2.56 bits per heavy atom. The lowest BCUT2D eigenvalue weighted by Gasteiger charge is -2.23. The second-order valence-electron chi connectivity index (χ2n) is 5.17. The van der Waals surface area contributed by atoms with Crippen LogP contribution in [0.15, 0.2) is 45.1 Å². The Morgan fingerprint density at radius 1 is 1.20 bits per heavy atom. The number of carbonyl (C=O) groups excluding carboxylic acids is 2. The van der Waals surface area contributed by atoms with Gasteiger partial charge < -0.3 is 14.5 Å². The van der Waals surface area contributed by atoms with Gasteiger partial charge in [0.25, 0.3) is 0 Å². The van der Waals surface area contributed by atoms with Gasteiger partial charge in [-0.05, 0) is 30.0 Å². The number of thiazole rings is 1. The second kappa shape index (κ2) is 7.28. The largest absolute Gasteiger partial charge is 0.465 e. The minimum Gasteiger partial charge on any atom is -0.465 e. The highest BCUT2D eigenvalue weighted by atomic mass is 32.2. The average Bonchev–Trinajstić information content (AvgIpc) is 3.00. The third kappa shape index (κ3) is 3.40. The molecule has 8 heteroatoms. The molecule has 1 aliphatic heterocycles. The van der Waals surface area contributed by atoms with Crippen LogP contribution in [0, 0.1) is 0 Å². The van der Waals surface area contributed by atoms with Crippen LogP contribution in [0.25, 0.3) is 0 Å². The number of thioether (sulfide) groups is 1. The van der Waals surface area contributed by atoms with Gasteiger partial charge in [0, 0.05) is 0 Å². The molecule has 0 spiro atoms. The Labute approximate surface area is 151 Å². The Kier molecular flexibility index (Phi) is 5.10. The lowest BCUT2D eigenvalue weighted by molar-refractivity contribution is -0.138. The first-order valence-electron chi connectivity index (χ1n) is 7.50. The maximum Gasteiger partial charge on any atom is 0.337 e. The summed E-state index contributed by atoms with van der Waals surface area (Å²) >= 11 is 2.37. The normalized spacial score (nSPS) is 15.9. The topological polar surface area (TPSA) is 85.5 Å². The van der Waals surface area contributed by atoms with Crippen molar-refractivity contribution in [3.05, 3.63) is 60.9 Å². The maximum atomic E-state index is 12.4. The molecule has 130 valence electrons. The number of methoxy groups -OCH3 is 1. The summed E-state index contributed by atoms with van der Waals surface area (Å²) in [6, 6.07) is 6.80.